The number of aliphatic hydroxyl groups is 1. The maximum atomic E-state index is 14.1. The van der Waals surface area contributed by atoms with Gasteiger partial charge in [-0.2, -0.15) is 0 Å². The molecule has 1 spiro atoms. The molecule has 4 rings (SSSR count). The van der Waals surface area contributed by atoms with Gasteiger partial charge in [-0.25, -0.2) is 0 Å². The van der Waals surface area contributed by atoms with Crippen molar-refractivity contribution < 1.29 is 24.2 Å². The normalized spacial score (nSPS) is 33.1. The third-order valence-electron chi connectivity index (χ3n) is 7.02. The second-order valence-electron chi connectivity index (χ2n) is 10.5. The lowest BCUT2D eigenvalue weighted by atomic mass is 9.70. The number of hydrogen-bond donors (Lipinski definition) is 3. The molecule has 2 bridgehead atoms. The number of nitrogens with one attached hydrogen (secondary N) is 2. The summed E-state index contributed by atoms with van der Waals surface area (Å²) in [4.78, 5) is 42.4. The predicted octanol–water partition coefficient (Wildman–Crippen LogP) is 1.91. The SMILES string of the molecule is CCCNC(=O)[C@H]1[C@@H]2OC3(CC2Br)C(C(=O)NC(C)(C)C)N([C@H](CO)c2ccccc2)C(=O)[C@H]13. The van der Waals surface area contributed by atoms with Crippen LogP contribution in [0, 0.1) is 11.8 Å². The minimum Gasteiger partial charge on any atom is -0.394 e. The summed E-state index contributed by atoms with van der Waals surface area (Å²) in [5, 5.41) is 16.3. The Morgan fingerprint density at radius 3 is 2.53 bits per heavy atom. The molecular formula is C25H34BrN3O5. The summed E-state index contributed by atoms with van der Waals surface area (Å²) in [6, 6.07) is 7.47. The van der Waals surface area contributed by atoms with Crippen molar-refractivity contribution in [3.05, 3.63) is 35.9 Å². The number of amides is 3. The average Bonchev–Trinajstić information content (AvgIpc) is 3.36. The average molecular weight is 536 g/mol. The first-order chi connectivity index (χ1) is 16.1. The Bertz CT molecular complexity index is 952. The molecule has 0 aromatic heterocycles. The number of fused-ring (bicyclic) bond motifs is 1. The highest BCUT2D eigenvalue weighted by molar-refractivity contribution is 9.09. The van der Waals surface area contributed by atoms with Crippen LogP contribution in [-0.2, 0) is 19.1 Å². The van der Waals surface area contributed by atoms with E-state index in [9.17, 15) is 19.5 Å². The van der Waals surface area contributed by atoms with E-state index in [1.54, 1.807) is 0 Å². The van der Waals surface area contributed by atoms with Gasteiger partial charge in [-0.3, -0.25) is 14.4 Å². The number of hydrogen-bond acceptors (Lipinski definition) is 5. The van der Waals surface area contributed by atoms with Crippen molar-refractivity contribution in [2.75, 3.05) is 13.2 Å². The molecule has 8 nitrogen and oxygen atoms in total. The first-order valence-corrected chi connectivity index (χ1v) is 12.9. The Morgan fingerprint density at radius 2 is 1.94 bits per heavy atom. The predicted molar refractivity (Wildman–Crippen MR) is 130 cm³/mol. The minimum absolute atomic E-state index is 0.164. The second-order valence-corrected chi connectivity index (χ2v) is 11.7. The van der Waals surface area contributed by atoms with Gasteiger partial charge >= 0.3 is 0 Å². The van der Waals surface area contributed by atoms with Crippen LogP contribution in [0.1, 0.15) is 52.1 Å². The van der Waals surface area contributed by atoms with Gasteiger partial charge in [0.1, 0.15) is 11.6 Å². The molecule has 34 heavy (non-hydrogen) atoms. The standard InChI is InChI=1S/C25H34BrN3O5/c1-5-11-27-21(31)17-18-23(33)29(16(13-30)14-9-7-6-8-10-14)20(22(32)28-24(2,3)4)25(18)12-15(26)19(17)34-25/h6-10,15-20,30H,5,11-13H2,1-4H3,(H,27,31)(H,28,32)/t15?,16-,17-,18+,19-,20?,25?/m1/s1. The Morgan fingerprint density at radius 1 is 1.26 bits per heavy atom. The summed E-state index contributed by atoms with van der Waals surface area (Å²) in [7, 11) is 0. The van der Waals surface area contributed by atoms with E-state index in [0.29, 0.717) is 13.0 Å². The first kappa shape index (κ1) is 25.1. The maximum absolute atomic E-state index is 14.1. The molecule has 1 aromatic carbocycles. The molecule has 3 unspecified atom stereocenters. The number of rotatable bonds is 7. The Labute approximate surface area is 208 Å². The van der Waals surface area contributed by atoms with E-state index in [-0.39, 0.29) is 29.2 Å². The molecule has 1 aromatic rings. The van der Waals surface area contributed by atoms with Gasteiger partial charge in [-0.1, -0.05) is 53.2 Å². The van der Waals surface area contributed by atoms with Gasteiger partial charge < -0.3 is 25.4 Å². The van der Waals surface area contributed by atoms with Gasteiger partial charge in [0.15, 0.2) is 0 Å². The van der Waals surface area contributed by atoms with Crippen LogP contribution in [0.25, 0.3) is 0 Å². The Hall–Kier alpha value is -1.97. The Balaban J connectivity index is 1.81. The van der Waals surface area contributed by atoms with Crippen molar-refractivity contribution >= 4 is 33.7 Å². The van der Waals surface area contributed by atoms with Gasteiger partial charge in [0.2, 0.25) is 17.7 Å². The maximum Gasteiger partial charge on any atom is 0.246 e. The van der Waals surface area contributed by atoms with Crippen LogP contribution in [0.4, 0.5) is 0 Å². The molecule has 0 aliphatic carbocycles. The van der Waals surface area contributed by atoms with Gasteiger partial charge in [0.25, 0.3) is 0 Å². The quantitative estimate of drug-likeness (QED) is 0.462. The van der Waals surface area contributed by atoms with E-state index in [0.717, 1.165) is 12.0 Å². The number of likely N-dealkylation sites (tertiary alicyclic amines) is 1. The fourth-order valence-corrected chi connectivity index (χ4v) is 6.78. The van der Waals surface area contributed by atoms with Crippen molar-refractivity contribution in [3.63, 3.8) is 0 Å². The van der Waals surface area contributed by atoms with E-state index in [2.05, 4.69) is 26.6 Å². The summed E-state index contributed by atoms with van der Waals surface area (Å²) in [6.45, 7) is 7.75. The number of carbonyl (C=O) groups is 3. The molecule has 0 radical (unpaired) electrons. The lowest BCUT2D eigenvalue weighted by molar-refractivity contribution is -0.146. The zero-order chi connectivity index (χ0) is 24.8. The lowest BCUT2D eigenvalue weighted by Gasteiger charge is -2.38. The topological polar surface area (TPSA) is 108 Å². The molecule has 3 fully saturated rings. The zero-order valence-corrected chi connectivity index (χ0v) is 21.7. The molecule has 9 heteroatoms. The van der Waals surface area contributed by atoms with Crippen LogP contribution in [0.5, 0.6) is 0 Å². The van der Waals surface area contributed by atoms with Crippen LogP contribution >= 0.6 is 15.9 Å². The molecule has 3 aliphatic rings. The van der Waals surface area contributed by atoms with Crippen LogP contribution < -0.4 is 10.6 Å². The number of aliphatic hydroxyl groups excluding tert-OH is 1. The third kappa shape index (κ3) is 4.05. The van der Waals surface area contributed by atoms with Crippen LogP contribution in [0.2, 0.25) is 0 Å². The number of alkyl halides is 1. The van der Waals surface area contributed by atoms with E-state index < -0.39 is 41.2 Å². The molecule has 7 atom stereocenters. The van der Waals surface area contributed by atoms with Crippen LogP contribution in [0.15, 0.2) is 30.3 Å². The summed E-state index contributed by atoms with van der Waals surface area (Å²) < 4.78 is 6.48. The summed E-state index contributed by atoms with van der Waals surface area (Å²) in [5.74, 6) is -2.39. The highest BCUT2D eigenvalue weighted by Gasteiger charge is 2.77. The lowest BCUT2D eigenvalue weighted by Crippen LogP contribution is -2.59. The van der Waals surface area contributed by atoms with Crippen molar-refractivity contribution in [1.82, 2.24) is 15.5 Å². The number of ether oxygens (including phenoxy) is 1. The molecule has 3 aliphatic heterocycles. The number of benzene rings is 1. The van der Waals surface area contributed by atoms with Gasteiger partial charge in [0, 0.05) is 16.9 Å². The van der Waals surface area contributed by atoms with Crippen molar-refractivity contribution in [2.24, 2.45) is 11.8 Å². The summed E-state index contributed by atoms with van der Waals surface area (Å²) in [5.41, 5.74) is -0.966. The van der Waals surface area contributed by atoms with E-state index in [1.165, 1.54) is 4.90 Å². The third-order valence-corrected chi connectivity index (χ3v) is 7.86. The molecule has 3 saturated heterocycles. The molecule has 3 amide bonds. The van der Waals surface area contributed by atoms with Crippen molar-refractivity contribution in [3.8, 4) is 0 Å². The van der Waals surface area contributed by atoms with Gasteiger partial charge in [-0.15, -0.1) is 0 Å². The highest BCUT2D eigenvalue weighted by Crippen LogP contribution is 2.61. The molecule has 186 valence electrons. The van der Waals surface area contributed by atoms with E-state index >= 15 is 0 Å². The molecule has 3 N–H and O–H groups in total. The summed E-state index contributed by atoms with van der Waals surface area (Å²) >= 11 is 3.66. The monoisotopic (exact) mass is 535 g/mol. The fourth-order valence-electron chi connectivity index (χ4n) is 5.84. The number of halogens is 1. The van der Waals surface area contributed by atoms with E-state index in [1.807, 2.05) is 58.0 Å². The van der Waals surface area contributed by atoms with Gasteiger partial charge in [-0.05, 0) is 39.2 Å². The minimum atomic E-state index is -1.15. The number of carbonyl (C=O) groups excluding carboxylic acids is 3. The van der Waals surface area contributed by atoms with Crippen molar-refractivity contribution in [1.29, 1.82) is 0 Å². The number of nitrogens with zero attached hydrogens (tertiary/aromatic N) is 1. The van der Waals surface area contributed by atoms with Crippen LogP contribution in [-0.4, -0.2) is 69.0 Å². The first-order valence-electron chi connectivity index (χ1n) is 12.0. The largest absolute Gasteiger partial charge is 0.394 e. The molecule has 0 saturated carbocycles. The molecule has 3 heterocycles. The van der Waals surface area contributed by atoms with Crippen LogP contribution in [0.3, 0.4) is 0 Å². The highest BCUT2D eigenvalue weighted by atomic mass is 79.9. The van der Waals surface area contributed by atoms with Crippen molar-refractivity contribution in [2.45, 2.75) is 74.7 Å². The second kappa shape index (κ2) is 9.24. The van der Waals surface area contributed by atoms with Gasteiger partial charge in [0.05, 0.1) is 30.6 Å². The van der Waals surface area contributed by atoms with E-state index in [4.69, 9.17) is 4.74 Å². The summed E-state index contributed by atoms with van der Waals surface area (Å²) in [6.07, 6.45) is 0.703. The smallest absolute Gasteiger partial charge is 0.246 e. The Kier molecular flexibility index (Phi) is 6.83. The molecular weight excluding hydrogens is 502 g/mol. The zero-order valence-electron chi connectivity index (χ0n) is 20.1. The fraction of sp³-hybridized carbons (Fsp3) is 0.640.